The van der Waals surface area contributed by atoms with Crippen molar-refractivity contribution in [2.45, 2.75) is 13.8 Å². The van der Waals surface area contributed by atoms with Gasteiger partial charge in [0.15, 0.2) is 0 Å². The molecule has 0 saturated heterocycles. The van der Waals surface area contributed by atoms with Crippen LogP contribution in [0.25, 0.3) is 6.08 Å². The van der Waals surface area contributed by atoms with E-state index in [1.54, 1.807) is 39.2 Å². The van der Waals surface area contributed by atoms with Gasteiger partial charge in [-0.05, 0) is 43.7 Å². The summed E-state index contributed by atoms with van der Waals surface area (Å²) in [7, 11) is 4.38. The van der Waals surface area contributed by atoms with E-state index in [0.29, 0.717) is 28.4 Å². The third-order valence-electron chi connectivity index (χ3n) is 4.30. The zero-order chi connectivity index (χ0) is 24.0. The summed E-state index contributed by atoms with van der Waals surface area (Å²) in [6.07, 6.45) is 1.40. The SMILES string of the molecule is CCOc1ccc(Br)cc1C=C(C#N)C(=O)Nc1sc(C(=O)N(C)C)c(C)c1C(=O)OC. The van der Waals surface area contributed by atoms with Gasteiger partial charge in [-0.15, -0.1) is 11.3 Å². The van der Waals surface area contributed by atoms with Crippen LogP contribution in [0.4, 0.5) is 5.00 Å². The van der Waals surface area contributed by atoms with Crippen LogP contribution >= 0.6 is 27.3 Å². The van der Waals surface area contributed by atoms with Crippen molar-refractivity contribution in [2.75, 3.05) is 33.1 Å². The van der Waals surface area contributed by atoms with Crippen molar-refractivity contribution in [3.8, 4) is 11.8 Å². The number of carbonyl (C=O) groups is 3. The average Bonchev–Trinajstić information content (AvgIpc) is 3.07. The van der Waals surface area contributed by atoms with E-state index in [4.69, 9.17) is 9.47 Å². The summed E-state index contributed by atoms with van der Waals surface area (Å²) >= 11 is 4.32. The van der Waals surface area contributed by atoms with Crippen molar-refractivity contribution in [1.82, 2.24) is 4.90 Å². The predicted octanol–water partition coefficient (Wildman–Crippen LogP) is 4.25. The highest BCUT2D eigenvalue weighted by molar-refractivity contribution is 9.10. The Kier molecular flexibility index (Phi) is 8.57. The number of carbonyl (C=O) groups excluding carboxylic acids is 3. The largest absolute Gasteiger partial charge is 0.493 e. The zero-order valence-electron chi connectivity index (χ0n) is 18.2. The molecule has 0 unspecified atom stereocenters. The lowest BCUT2D eigenvalue weighted by Gasteiger charge is -2.09. The van der Waals surface area contributed by atoms with Gasteiger partial charge in [0.25, 0.3) is 11.8 Å². The lowest BCUT2D eigenvalue weighted by Crippen LogP contribution is -2.21. The number of esters is 1. The van der Waals surface area contributed by atoms with E-state index in [-0.39, 0.29) is 22.0 Å². The van der Waals surface area contributed by atoms with Crippen LogP contribution in [0.3, 0.4) is 0 Å². The number of nitriles is 1. The second kappa shape index (κ2) is 10.9. The lowest BCUT2D eigenvalue weighted by atomic mass is 10.1. The van der Waals surface area contributed by atoms with Gasteiger partial charge in [0.1, 0.15) is 22.4 Å². The highest BCUT2D eigenvalue weighted by Gasteiger charge is 2.27. The lowest BCUT2D eigenvalue weighted by molar-refractivity contribution is -0.112. The normalized spacial score (nSPS) is 10.8. The number of anilines is 1. The number of amides is 2. The summed E-state index contributed by atoms with van der Waals surface area (Å²) in [6, 6.07) is 7.11. The monoisotopic (exact) mass is 519 g/mol. The smallest absolute Gasteiger partial charge is 0.341 e. The first kappa shape index (κ1) is 25.1. The summed E-state index contributed by atoms with van der Waals surface area (Å²) in [4.78, 5) is 39.4. The summed E-state index contributed by atoms with van der Waals surface area (Å²) < 4.78 is 11.1. The van der Waals surface area contributed by atoms with E-state index in [0.717, 1.165) is 15.8 Å². The Bertz CT molecular complexity index is 1130. The fourth-order valence-corrected chi connectivity index (χ4v) is 4.34. The quantitative estimate of drug-likeness (QED) is 0.332. The van der Waals surface area contributed by atoms with E-state index < -0.39 is 11.9 Å². The Morgan fingerprint density at radius 2 is 2.00 bits per heavy atom. The molecule has 1 heterocycles. The second-order valence-electron chi connectivity index (χ2n) is 6.69. The van der Waals surface area contributed by atoms with Crippen molar-refractivity contribution >= 4 is 56.1 Å². The van der Waals surface area contributed by atoms with Crippen molar-refractivity contribution in [1.29, 1.82) is 5.26 Å². The van der Waals surface area contributed by atoms with Crippen LogP contribution in [0.5, 0.6) is 5.75 Å². The molecule has 8 nitrogen and oxygen atoms in total. The van der Waals surface area contributed by atoms with Gasteiger partial charge in [-0.25, -0.2) is 4.79 Å². The van der Waals surface area contributed by atoms with Gasteiger partial charge in [-0.3, -0.25) is 9.59 Å². The maximum atomic E-state index is 12.9. The van der Waals surface area contributed by atoms with E-state index in [1.165, 1.54) is 18.1 Å². The molecule has 0 radical (unpaired) electrons. The van der Waals surface area contributed by atoms with Crippen LogP contribution in [0.2, 0.25) is 0 Å². The van der Waals surface area contributed by atoms with Crippen molar-refractivity contribution < 1.29 is 23.9 Å². The molecule has 0 aliphatic heterocycles. The number of nitrogens with zero attached hydrogens (tertiary/aromatic N) is 2. The first-order valence-electron chi connectivity index (χ1n) is 9.43. The van der Waals surface area contributed by atoms with Crippen LogP contribution in [0.1, 0.15) is 38.1 Å². The standard InChI is InChI=1S/C22H22BrN3O5S/c1-6-31-16-8-7-15(23)10-13(16)9-14(11-24)19(27)25-20-17(22(29)30-5)12(2)18(32-20)21(28)26(3)4/h7-10H,6H2,1-5H3,(H,25,27). The first-order valence-corrected chi connectivity index (χ1v) is 11.0. The van der Waals surface area contributed by atoms with Gasteiger partial charge < -0.3 is 19.7 Å². The van der Waals surface area contributed by atoms with Gasteiger partial charge in [0.2, 0.25) is 0 Å². The molecule has 0 aliphatic rings. The molecule has 10 heteroatoms. The molecule has 0 saturated carbocycles. The van der Waals surface area contributed by atoms with E-state index in [2.05, 4.69) is 21.2 Å². The Balaban J connectivity index is 2.49. The predicted molar refractivity (Wildman–Crippen MR) is 126 cm³/mol. The number of thiophene rings is 1. The number of methoxy groups -OCH3 is 1. The first-order chi connectivity index (χ1) is 15.1. The third-order valence-corrected chi connectivity index (χ3v) is 5.99. The number of halogens is 1. The Morgan fingerprint density at radius 1 is 1.31 bits per heavy atom. The molecule has 0 aliphatic carbocycles. The van der Waals surface area contributed by atoms with Gasteiger partial charge in [-0.1, -0.05) is 15.9 Å². The third kappa shape index (κ3) is 5.55. The van der Waals surface area contributed by atoms with Crippen LogP contribution in [-0.4, -0.2) is 50.5 Å². The molecule has 32 heavy (non-hydrogen) atoms. The van der Waals surface area contributed by atoms with Gasteiger partial charge in [-0.2, -0.15) is 5.26 Å². The highest BCUT2D eigenvalue weighted by atomic mass is 79.9. The molecular formula is C22H22BrN3O5S. The summed E-state index contributed by atoms with van der Waals surface area (Å²) in [5.74, 6) is -1.23. The molecule has 1 N–H and O–H groups in total. The highest BCUT2D eigenvalue weighted by Crippen LogP contribution is 2.35. The molecule has 0 bridgehead atoms. The Labute approximate surface area is 198 Å². The minimum atomic E-state index is -0.731. The maximum absolute atomic E-state index is 12.9. The molecule has 2 rings (SSSR count). The van der Waals surface area contributed by atoms with E-state index in [1.807, 2.05) is 13.0 Å². The molecular weight excluding hydrogens is 498 g/mol. The molecule has 0 fully saturated rings. The summed E-state index contributed by atoms with van der Waals surface area (Å²) in [5, 5.41) is 12.3. The molecule has 0 atom stereocenters. The molecule has 168 valence electrons. The number of ether oxygens (including phenoxy) is 2. The van der Waals surface area contributed by atoms with Crippen LogP contribution < -0.4 is 10.1 Å². The van der Waals surface area contributed by atoms with Gasteiger partial charge in [0, 0.05) is 24.1 Å². The molecule has 2 aromatic rings. The fraction of sp³-hybridized carbons (Fsp3) is 0.273. The minimum absolute atomic E-state index is 0.0748. The number of nitrogens with one attached hydrogen (secondary N) is 1. The maximum Gasteiger partial charge on any atom is 0.341 e. The van der Waals surface area contributed by atoms with Gasteiger partial charge >= 0.3 is 5.97 Å². The Morgan fingerprint density at radius 3 is 2.56 bits per heavy atom. The minimum Gasteiger partial charge on any atom is -0.493 e. The number of hydrogen-bond donors (Lipinski definition) is 1. The molecule has 2 amide bonds. The fourth-order valence-electron chi connectivity index (χ4n) is 2.75. The van der Waals surface area contributed by atoms with E-state index >= 15 is 0 Å². The second-order valence-corrected chi connectivity index (χ2v) is 8.63. The topological polar surface area (TPSA) is 109 Å². The van der Waals surface area contributed by atoms with Crippen LogP contribution in [-0.2, 0) is 9.53 Å². The molecule has 1 aromatic carbocycles. The van der Waals surface area contributed by atoms with Crippen LogP contribution in [0, 0.1) is 18.3 Å². The van der Waals surface area contributed by atoms with E-state index in [9.17, 15) is 19.6 Å². The van der Waals surface area contributed by atoms with Gasteiger partial charge in [0.05, 0.1) is 24.2 Å². The molecule has 0 spiro atoms. The number of rotatable bonds is 7. The summed E-state index contributed by atoms with van der Waals surface area (Å²) in [5.41, 5.74) is 0.799. The van der Waals surface area contributed by atoms with Crippen molar-refractivity contribution in [3.05, 3.63) is 49.8 Å². The summed E-state index contributed by atoms with van der Waals surface area (Å²) in [6.45, 7) is 3.84. The van der Waals surface area contributed by atoms with Crippen LogP contribution in [0.15, 0.2) is 28.2 Å². The average molecular weight is 520 g/mol. The zero-order valence-corrected chi connectivity index (χ0v) is 20.6. The van der Waals surface area contributed by atoms with Crippen molar-refractivity contribution in [2.24, 2.45) is 0 Å². The molecule has 1 aromatic heterocycles. The number of hydrogen-bond acceptors (Lipinski definition) is 7. The van der Waals surface area contributed by atoms with Crippen molar-refractivity contribution in [3.63, 3.8) is 0 Å². The number of benzene rings is 1. The Hall–Kier alpha value is -3.16.